The first-order chi connectivity index (χ1) is 11.5. The molecule has 0 fully saturated rings. The number of anilines is 1. The van der Waals surface area contributed by atoms with Gasteiger partial charge in [-0.25, -0.2) is 4.98 Å². The molecular formula is C17H12Cl2N2O2S. The van der Waals surface area contributed by atoms with Crippen LogP contribution in [0.2, 0.25) is 10.0 Å². The summed E-state index contributed by atoms with van der Waals surface area (Å²) in [7, 11) is 0. The van der Waals surface area contributed by atoms with Gasteiger partial charge >= 0.3 is 0 Å². The summed E-state index contributed by atoms with van der Waals surface area (Å²) in [5, 5.41) is 3.94. The van der Waals surface area contributed by atoms with Crippen molar-refractivity contribution in [3.63, 3.8) is 0 Å². The Hall–Kier alpha value is -2.08. The number of carbonyl (C=O) groups excluding carboxylic acids is 1. The van der Waals surface area contributed by atoms with E-state index in [-0.39, 0.29) is 5.91 Å². The van der Waals surface area contributed by atoms with Gasteiger partial charge in [-0.15, -0.1) is 11.3 Å². The average Bonchev–Trinajstić information content (AvgIpc) is 2.98. The number of nitrogens with zero attached hydrogens (tertiary/aromatic N) is 1. The fourth-order valence-electron chi connectivity index (χ4n) is 2.02. The minimum atomic E-state index is -0.252. The Morgan fingerprint density at radius 1 is 1.12 bits per heavy atom. The number of amides is 1. The maximum atomic E-state index is 12.4. The van der Waals surface area contributed by atoms with Crippen molar-refractivity contribution >= 4 is 46.1 Å². The van der Waals surface area contributed by atoms with Crippen molar-refractivity contribution in [3.05, 3.63) is 68.6 Å². The molecule has 24 heavy (non-hydrogen) atoms. The van der Waals surface area contributed by atoms with Crippen molar-refractivity contribution in [1.82, 2.24) is 4.98 Å². The van der Waals surface area contributed by atoms with E-state index in [1.807, 2.05) is 0 Å². The van der Waals surface area contributed by atoms with E-state index in [9.17, 15) is 4.79 Å². The second-order valence-electron chi connectivity index (χ2n) is 4.92. The first-order valence-electron chi connectivity index (χ1n) is 6.97. The predicted molar refractivity (Wildman–Crippen MR) is 97.8 cm³/mol. The van der Waals surface area contributed by atoms with Crippen molar-refractivity contribution < 1.29 is 9.53 Å². The molecule has 0 bridgehead atoms. The molecule has 1 N–H and O–H groups in total. The van der Waals surface area contributed by atoms with Gasteiger partial charge in [-0.1, -0.05) is 23.2 Å². The quantitative estimate of drug-likeness (QED) is 0.623. The van der Waals surface area contributed by atoms with Crippen LogP contribution in [0.3, 0.4) is 0 Å². The van der Waals surface area contributed by atoms with E-state index < -0.39 is 0 Å². The van der Waals surface area contributed by atoms with E-state index in [0.29, 0.717) is 37.8 Å². The van der Waals surface area contributed by atoms with Crippen LogP contribution < -0.4 is 10.1 Å². The smallest absolute Gasteiger partial charge is 0.267 e. The Kier molecular flexibility index (Phi) is 5.04. The lowest BCUT2D eigenvalue weighted by molar-refractivity contribution is 0.102. The number of hydrogen-bond donors (Lipinski definition) is 1. The fourth-order valence-corrected chi connectivity index (χ4v) is 3.01. The molecule has 0 atom stereocenters. The monoisotopic (exact) mass is 378 g/mol. The third kappa shape index (κ3) is 3.87. The summed E-state index contributed by atoms with van der Waals surface area (Å²) in [5.41, 5.74) is 2.79. The minimum absolute atomic E-state index is 0.252. The number of hydrogen-bond acceptors (Lipinski definition) is 4. The Labute approximate surface area is 153 Å². The van der Waals surface area contributed by atoms with E-state index in [1.165, 1.54) is 11.3 Å². The molecule has 0 aliphatic rings. The van der Waals surface area contributed by atoms with Gasteiger partial charge in [0.2, 0.25) is 0 Å². The van der Waals surface area contributed by atoms with E-state index in [1.54, 1.807) is 54.9 Å². The van der Waals surface area contributed by atoms with Gasteiger partial charge in [0.15, 0.2) is 5.75 Å². The summed E-state index contributed by atoms with van der Waals surface area (Å²) in [5.74, 6) is 0.835. The first kappa shape index (κ1) is 16.8. The largest absolute Gasteiger partial charge is 0.455 e. The van der Waals surface area contributed by atoms with Crippen molar-refractivity contribution in [2.24, 2.45) is 0 Å². The number of rotatable bonds is 4. The molecule has 4 nitrogen and oxygen atoms in total. The molecule has 122 valence electrons. The minimum Gasteiger partial charge on any atom is -0.455 e. The molecule has 0 saturated carbocycles. The molecule has 2 aromatic carbocycles. The summed E-state index contributed by atoms with van der Waals surface area (Å²) >= 11 is 13.2. The van der Waals surface area contributed by atoms with Crippen LogP contribution in [0.4, 0.5) is 5.69 Å². The molecule has 1 heterocycles. The standard InChI is InChI=1S/C17H12Cl2N2O2S/c1-10-16(24-9-20-10)17(22)21-14-8-12(19)4-7-15(14)23-13-5-2-11(18)3-6-13/h2-9H,1H3,(H,21,22). The van der Waals surface area contributed by atoms with Crippen molar-refractivity contribution in [2.75, 3.05) is 5.32 Å². The SMILES string of the molecule is Cc1ncsc1C(=O)Nc1cc(Cl)ccc1Oc1ccc(Cl)cc1. The zero-order valence-corrected chi connectivity index (χ0v) is 14.9. The molecule has 3 aromatic rings. The van der Waals surface area contributed by atoms with Gasteiger partial charge in [-0.05, 0) is 49.4 Å². The third-order valence-corrected chi connectivity index (χ3v) is 4.60. The Bertz CT molecular complexity index is 879. The van der Waals surface area contributed by atoms with E-state index in [4.69, 9.17) is 27.9 Å². The highest BCUT2D eigenvalue weighted by Crippen LogP contribution is 2.33. The second-order valence-corrected chi connectivity index (χ2v) is 6.65. The topological polar surface area (TPSA) is 51.2 Å². The van der Waals surface area contributed by atoms with Crippen molar-refractivity contribution in [1.29, 1.82) is 0 Å². The van der Waals surface area contributed by atoms with Crippen LogP contribution in [0.15, 0.2) is 48.0 Å². The number of halogens is 2. The normalized spacial score (nSPS) is 10.5. The van der Waals surface area contributed by atoms with Crippen molar-refractivity contribution in [3.8, 4) is 11.5 Å². The summed E-state index contributed by atoms with van der Waals surface area (Å²) in [4.78, 5) is 17.0. The molecule has 0 radical (unpaired) electrons. The summed E-state index contributed by atoms with van der Waals surface area (Å²) in [6.07, 6.45) is 0. The van der Waals surface area contributed by atoms with Gasteiger partial charge in [-0.3, -0.25) is 4.79 Å². The maximum Gasteiger partial charge on any atom is 0.267 e. The molecule has 1 amide bonds. The lowest BCUT2D eigenvalue weighted by Gasteiger charge is -2.12. The van der Waals surface area contributed by atoms with Crippen LogP contribution in [0.1, 0.15) is 15.4 Å². The predicted octanol–water partition coefficient (Wildman–Crippen LogP) is 5.80. The molecule has 3 rings (SSSR count). The Balaban J connectivity index is 1.87. The number of nitrogens with one attached hydrogen (secondary N) is 1. The van der Waals surface area contributed by atoms with Crippen LogP contribution in [0, 0.1) is 6.92 Å². The van der Waals surface area contributed by atoms with E-state index in [2.05, 4.69) is 10.3 Å². The molecule has 0 aliphatic carbocycles. The van der Waals surface area contributed by atoms with Gasteiger partial charge < -0.3 is 10.1 Å². The molecule has 7 heteroatoms. The molecule has 0 spiro atoms. The van der Waals surface area contributed by atoms with Gasteiger partial charge in [0, 0.05) is 10.0 Å². The van der Waals surface area contributed by atoms with E-state index >= 15 is 0 Å². The summed E-state index contributed by atoms with van der Waals surface area (Å²) < 4.78 is 5.82. The zero-order chi connectivity index (χ0) is 17.1. The van der Waals surface area contributed by atoms with Crippen LogP contribution in [0.25, 0.3) is 0 Å². The third-order valence-electron chi connectivity index (χ3n) is 3.18. The zero-order valence-electron chi connectivity index (χ0n) is 12.5. The summed E-state index contributed by atoms with van der Waals surface area (Å²) in [6.45, 7) is 1.79. The molecule has 1 aromatic heterocycles. The van der Waals surface area contributed by atoms with Crippen LogP contribution >= 0.6 is 34.5 Å². The van der Waals surface area contributed by atoms with Gasteiger partial charge in [-0.2, -0.15) is 0 Å². The van der Waals surface area contributed by atoms with Crippen LogP contribution in [-0.4, -0.2) is 10.9 Å². The molecular weight excluding hydrogens is 367 g/mol. The van der Waals surface area contributed by atoms with E-state index in [0.717, 1.165) is 0 Å². The fraction of sp³-hybridized carbons (Fsp3) is 0.0588. The van der Waals surface area contributed by atoms with Gasteiger partial charge in [0.1, 0.15) is 10.6 Å². The lowest BCUT2D eigenvalue weighted by Crippen LogP contribution is -2.12. The van der Waals surface area contributed by atoms with Crippen molar-refractivity contribution in [2.45, 2.75) is 6.92 Å². The van der Waals surface area contributed by atoms with Gasteiger partial charge in [0.05, 0.1) is 16.9 Å². The number of benzene rings is 2. The van der Waals surface area contributed by atoms with Crippen LogP contribution in [-0.2, 0) is 0 Å². The maximum absolute atomic E-state index is 12.4. The second kappa shape index (κ2) is 7.21. The number of thiazole rings is 1. The number of ether oxygens (including phenoxy) is 1. The first-order valence-corrected chi connectivity index (χ1v) is 8.61. The lowest BCUT2D eigenvalue weighted by atomic mass is 10.2. The number of aryl methyl sites for hydroxylation is 1. The van der Waals surface area contributed by atoms with Gasteiger partial charge in [0.25, 0.3) is 5.91 Å². The number of aromatic nitrogens is 1. The highest BCUT2D eigenvalue weighted by molar-refractivity contribution is 7.12. The molecule has 0 unspecified atom stereocenters. The molecule has 0 aliphatic heterocycles. The Morgan fingerprint density at radius 2 is 1.83 bits per heavy atom. The highest BCUT2D eigenvalue weighted by Gasteiger charge is 2.15. The Morgan fingerprint density at radius 3 is 2.50 bits per heavy atom. The average molecular weight is 379 g/mol. The molecule has 0 saturated heterocycles. The number of carbonyl (C=O) groups is 1. The van der Waals surface area contributed by atoms with Crippen LogP contribution in [0.5, 0.6) is 11.5 Å². The highest BCUT2D eigenvalue weighted by atomic mass is 35.5. The summed E-state index contributed by atoms with van der Waals surface area (Å²) in [6, 6.07) is 12.0.